The molecule has 4 aromatic rings. The van der Waals surface area contributed by atoms with Gasteiger partial charge in [-0.1, -0.05) is 68.8 Å². The number of carbonyl (C=O) groups excluding carboxylic acids is 1. The Hall–Kier alpha value is -3.34. The van der Waals surface area contributed by atoms with Crippen LogP contribution in [-0.2, 0) is 16.5 Å². The van der Waals surface area contributed by atoms with E-state index < -0.39 is 42.4 Å². The van der Waals surface area contributed by atoms with Crippen molar-refractivity contribution in [3.8, 4) is 39.5 Å². The molecule has 1 aliphatic heterocycles. The maximum Gasteiger partial charge on any atom is 0.362 e. The van der Waals surface area contributed by atoms with E-state index in [0.717, 1.165) is 59.1 Å². The second-order valence-electron chi connectivity index (χ2n) is 12.7. The van der Waals surface area contributed by atoms with Gasteiger partial charge in [-0.25, -0.2) is 4.79 Å². The maximum absolute atomic E-state index is 12.9. The minimum absolute atomic E-state index is 0.398. The van der Waals surface area contributed by atoms with Crippen LogP contribution in [-0.4, -0.2) is 55.6 Å². The number of rotatable bonds is 14. The van der Waals surface area contributed by atoms with Gasteiger partial charge in [0.1, 0.15) is 17.2 Å². The summed E-state index contributed by atoms with van der Waals surface area (Å²) < 4.78 is 42.1. The summed E-state index contributed by atoms with van der Waals surface area (Å²) in [5.74, 6) is 2.31. The molecule has 3 radical (unpaired) electrons. The average Bonchev–Trinajstić information content (AvgIpc) is 3.10. The molecule has 0 saturated carbocycles. The number of esters is 1. The molecule has 8 nitrogen and oxygen atoms in total. The zero-order valence-electron chi connectivity index (χ0n) is 29.8. The fraction of sp³-hybridized carbons (Fsp3) is 0.342. The molecule has 1 aliphatic rings. The van der Waals surface area contributed by atoms with E-state index in [9.17, 15) is 4.79 Å². The molecular formula is C38H47O8Si4. The highest BCUT2D eigenvalue weighted by Gasteiger charge is 2.40. The van der Waals surface area contributed by atoms with Gasteiger partial charge in [0.25, 0.3) is 0 Å². The molecule has 263 valence electrons. The Labute approximate surface area is 303 Å². The molecule has 0 aromatic heterocycles. The Bertz CT molecular complexity index is 1620. The molecule has 1 fully saturated rings. The van der Waals surface area contributed by atoms with E-state index >= 15 is 0 Å². The van der Waals surface area contributed by atoms with Gasteiger partial charge in [-0.15, -0.1) is 0 Å². The minimum atomic E-state index is -2.33. The molecule has 0 aliphatic carbocycles. The van der Waals surface area contributed by atoms with E-state index in [-0.39, 0.29) is 0 Å². The lowest BCUT2D eigenvalue weighted by molar-refractivity contribution is 0.0734. The summed E-state index contributed by atoms with van der Waals surface area (Å²) in [7, 11) is -6.33. The SMILES string of the molecule is CCC(C)COc1ccc(-c2ccc(OC(=O)c3ccc(-c4ccc(OCCCC[Si]5(C)O[Si](C)O[Si](C)O[Si](C)O5)cc4)cc3)cc2)cc1. The lowest BCUT2D eigenvalue weighted by Gasteiger charge is -2.35. The average molecular weight is 744 g/mol. The van der Waals surface area contributed by atoms with Crippen molar-refractivity contribution in [1.82, 2.24) is 0 Å². The Morgan fingerprint density at radius 1 is 0.660 bits per heavy atom. The van der Waals surface area contributed by atoms with Gasteiger partial charge in [-0.05, 0) is 122 Å². The van der Waals surface area contributed by atoms with Gasteiger partial charge in [0, 0.05) is 0 Å². The van der Waals surface area contributed by atoms with Crippen molar-refractivity contribution in [2.45, 2.75) is 65.3 Å². The van der Waals surface area contributed by atoms with Crippen LogP contribution < -0.4 is 14.2 Å². The number of benzene rings is 4. The van der Waals surface area contributed by atoms with E-state index in [2.05, 4.69) is 20.4 Å². The number of carbonyl (C=O) groups is 1. The fourth-order valence-corrected chi connectivity index (χ4v) is 17.4. The first-order chi connectivity index (χ1) is 24.1. The van der Waals surface area contributed by atoms with Crippen molar-refractivity contribution in [3.05, 3.63) is 103 Å². The number of unbranched alkanes of at least 4 members (excludes halogenated alkanes) is 1. The van der Waals surface area contributed by atoms with E-state index in [1.807, 2.05) is 105 Å². The minimum Gasteiger partial charge on any atom is -0.494 e. The standard InChI is InChI=1S/C38H47O8Si4/c1-7-29(2)28-41-36-22-16-32(17-23-36)33-18-24-37(25-19-33)42-38(39)34-12-10-30(11-13-34)31-14-20-35(21-15-31)40-26-8-9-27-50(6)45-48(4)43-47(3)44-49(5)46-50/h10-25,29H,7-9,26-28H2,1-6H3. The summed E-state index contributed by atoms with van der Waals surface area (Å²) >= 11 is 0. The lowest BCUT2D eigenvalue weighted by atomic mass is 10.0. The summed E-state index contributed by atoms with van der Waals surface area (Å²) in [4.78, 5) is 12.9. The summed E-state index contributed by atoms with van der Waals surface area (Å²) in [6.07, 6.45) is 2.96. The van der Waals surface area contributed by atoms with Gasteiger partial charge in [0.15, 0.2) is 0 Å². The highest BCUT2D eigenvalue weighted by atomic mass is 28.5. The summed E-state index contributed by atoms with van der Waals surface area (Å²) in [6, 6.07) is 31.9. The maximum atomic E-state index is 12.9. The van der Waals surface area contributed by atoms with Gasteiger partial charge >= 0.3 is 42.4 Å². The first-order valence-electron chi connectivity index (χ1n) is 17.2. The molecule has 1 saturated heterocycles. The molecular weight excluding hydrogens is 697 g/mol. The molecule has 1 unspecified atom stereocenters. The zero-order valence-corrected chi connectivity index (χ0v) is 33.8. The first-order valence-corrected chi connectivity index (χ1v) is 25.2. The van der Waals surface area contributed by atoms with Crippen molar-refractivity contribution in [2.24, 2.45) is 5.92 Å². The van der Waals surface area contributed by atoms with Crippen LogP contribution in [0.2, 0.25) is 32.2 Å². The number of hydrogen-bond acceptors (Lipinski definition) is 8. The van der Waals surface area contributed by atoms with Crippen molar-refractivity contribution in [2.75, 3.05) is 13.2 Å². The smallest absolute Gasteiger partial charge is 0.362 e. The number of ether oxygens (including phenoxy) is 3. The highest BCUT2D eigenvalue weighted by Crippen LogP contribution is 2.27. The van der Waals surface area contributed by atoms with Crippen LogP contribution in [0.4, 0.5) is 0 Å². The Kier molecular flexibility index (Phi) is 13.8. The predicted octanol–water partition coefficient (Wildman–Crippen LogP) is 9.33. The zero-order chi connectivity index (χ0) is 35.5. The molecule has 4 aromatic carbocycles. The van der Waals surface area contributed by atoms with Crippen LogP contribution in [0, 0.1) is 5.92 Å². The Morgan fingerprint density at radius 2 is 1.12 bits per heavy atom. The van der Waals surface area contributed by atoms with Gasteiger partial charge < -0.3 is 30.7 Å². The van der Waals surface area contributed by atoms with E-state index in [1.54, 1.807) is 12.1 Å². The molecule has 0 bridgehead atoms. The topological polar surface area (TPSA) is 81.7 Å². The lowest BCUT2D eigenvalue weighted by Crippen LogP contribution is -2.52. The summed E-state index contributed by atoms with van der Waals surface area (Å²) in [6.45, 7) is 13.8. The molecule has 0 amide bonds. The molecule has 12 heteroatoms. The highest BCUT2D eigenvalue weighted by molar-refractivity contribution is 6.81. The molecule has 1 atom stereocenters. The Morgan fingerprint density at radius 3 is 1.62 bits per heavy atom. The van der Waals surface area contributed by atoms with E-state index in [0.29, 0.717) is 30.4 Å². The van der Waals surface area contributed by atoms with E-state index in [1.165, 1.54) is 0 Å². The van der Waals surface area contributed by atoms with Gasteiger partial charge in [-0.3, -0.25) is 0 Å². The largest absolute Gasteiger partial charge is 0.494 e. The third-order valence-electron chi connectivity index (χ3n) is 8.38. The van der Waals surface area contributed by atoms with Crippen LogP contribution in [0.1, 0.15) is 43.5 Å². The van der Waals surface area contributed by atoms with Crippen LogP contribution in [0.25, 0.3) is 22.3 Å². The van der Waals surface area contributed by atoms with Crippen LogP contribution in [0.15, 0.2) is 97.1 Å². The molecule has 0 N–H and O–H groups in total. The molecule has 0 spiro atoms. The third-order valence-corrected chi connectivity index (χ3v) is 20.0. The van der Waals surface area contributed by atoms with Gasteiger partial charge in [-0.2, -0.15) is 0 Å². The Balaban J connectivity index is 1.05. The van der Waals surface area contributed by atoms with Crippen molar-refractivity contribution in [3.63, 3.8) is 0 Å². The van der Waals surface area contributed by atoms with Crippen LogP contribution in [0.3, 0.4) is 0 Å². The van der Waals surface area contributed by atoms with Gasteiger partial charge in [0.2, 0.25) is 0 Å². The summed E-state index contributed by atoms with van der Waals surface area (Å²) in [5.41, 5.74) is 4.63. The van der Waals surface area contributed by atoms with Crippen molar-refractivity contribution < 1.29 is 35.5 Å². The molecule has 50 heavy (non-hydrogen) atoms. The number of hydrogen-bond donors (Lipinski definition) is 0. The van der Waals surface area contributed by atoms with Crippen LogP contribution >= 0.6 is 0 Å². The van der Waals surface area contributed by atoms with E-state index in [4.69, 9.17) is 30.7 Å². The fourth-order valence-electron chi connectivity index (χ4n) is 5.46. The normalized spacial score (nSPS) is 16.3. The van der Waals surface area contributed by atoms with Crippen molar-refractivity contribution >= 4 is 42.4 Å². The monoisotopic (exact) mass is 743 g/mol. The second kappa shape index (κ2) is 18.2. The second-order valence-corrected chi connectivity index (χ2v) is 21.7. The first kappa shape index (κ1) is 37.9. The van der Waals surface area contributed by atoms with Crippen LogP contribution in [0.5, 0.6) is 17.2 Å². The van der Waals surface area contributed by atoms with Gasteiger partial charge in [0.05, 0.1) is 18.8 Å². The molecule has 1 heterocycles. The molecule has 5 rings (SSSR count). The predicted molar refractivity (Wildman–Crippen MR) is 204 cm³/mol. The quantitative estimate of drug-likeness (QED) is 0.0547. The van der Waals surface area contributed by atoms with Crippen molar-refractivity contribution in [1.29, 1.82) is 0 Å². The summed E-state index contributed by atoms with van der Waals surface area (Å²) in [5, 5.41) is 0. The third kappa shape index (κ3) is 11.3.